The quantitative estimate of drug-likeness (QED) is 0.418. The Morgan fingerprint density at radius 1 is 0.941 bits per heavy atom. The first-order valence-electron chi connectivity index (χ1n) is 11.4. The van der Waals surface area contributed by atoms with E-state index in [1.807, 2.05) is 0 Å². The maximum absolute atomic E-state index is 13.2. The van der Waals surface area contributed by atoms with Gasteiger partial charge >= 0.3 is 5.76 Å². The maximum atomic E-state index is 13.2. The molecule has 0 saturated carbocycles. The Morgan fingerprint density at radius 3 is 2.21 bits per heavy atom. The molecular weight excluding hydrogens is 450 g/mol. The highest BCUT2D eigenvalue weighted by Gasteiger charge is 2.24. The van der Waals surface area contributed by atoms with E-state index in [1.165, 1.54) is 49.6 Å². The minimum atomic E-state index is -3.71. The number of hydrogen-bond donors (Lipinski definition) is 0. The molecule has 0 amide bonds. The largest absolute Gasteiger partial charge is 0.419 e. The molecule has 1 aromatic heterocycles. The average molecular weight is 478 g/mol. The molecule has 1 aliphatic heterocycles. The summed E-state index contributed by atoms with van der Waals surface area (Å²) in [4.78, 5) is 14.2. The number of aryl methyl sites for hydroxylation is 3. The van der Waals surface area contributed by atoms with Gasteiger partial charge in [0, 0.05) is 38.6 Å². The molecule has 4 aromatic rings. The molecule has 34 heavy (non-hydrogen) atoms. The highest BCUT2D eigenvalue weighted by Crippen LogP contribution is 2.36. The summed E-state index contributed by atoms with van der Waals surface area (Å²) in [5.41, 5.74) is 5.80. The van der Waals surface area contributed by atoms with Crippen molar-refractivity contribution in [3.8, 4) is 0 Å². The van der Waals surface area contributed by atoms with Gasteiger partial charge in [-0.05, 0) is 60.7 Å². The second-order valence-electron chi connectivity index (χ2n) is 8.65. The van der Waals surface area contributed by atoms with Crippen LogP contribution in [0.3, 0.4) is 0 Å². The summed E-state index contributed by atoms with van der Waals surface area (Å²) in [7, 11) is -0.555. The summed E-state index contributed by atoms with van der Waals surface area (Å²) in [5, 5.41) is 0. The number of rotatable bonds is 6. The van der Waals surface area contributed by atoms with Gasteiger partial charge in [-0.1, -0.05) is 36.4 Å². The molecule has 7 nitrogen and oxygen atoms in total. The van der Waals surface area contributed by atoms with E-state index in [9.17, 15) is 13.2 Å². The van der Waals surface area contributed by atoms with E-state index >= 15 is 0 Å². The van der Waals surface area contributed by atoms with Crippen molar-refractivity contribution >= 4 is 32.5 Å². The maximum Gasteiger partial charge on any atom is 0.419 e. The molecule has 0 spiro atoms. The van der Waals surface area contributed by atoms with Crippen molar-refractivity contribution in [1.82, 2.24) is 8.87 Å². The van der Waals surface area contributed by atoms with Crippen LogP contribution in [0, 0.1) is 0 Å². The first kappa shape index (κ1) is 22.4. The van der Waals surface area contributed by atoms with Crippen LogP contribution in [0.2, 0.25) is 0 Å². The fourth-order valence-electron chi connectivity index (χ4n) is 4.63. The predicted octanol–water partition coefficient (Wildman–Crippen LogP) is 4.08. The lowest BCUT2D eigenvalue weighted by Crippen LogP contribution is -2.30. The fourth-order valence-corrected chi connectivity index (χ4v) is 5.86. The summed E-state index contributed by atoms with van der Waals surface area (Å²) in [6.45, 7) is 1.06. The third-order valence-electron chi connectivity index (χ3n) is 6.55. The minimum Gasteiger partial charge on any atom is -0.408 e. The summed E-state index contributed by atoms with van der Waals surface area (Å²) >= 11 is 0. The fraction of sp³-hybridized carbons (Fsp3) is 0.269. The van der Waals surface area contributed by atoms with Crippen LogP contribution in [0.25, 0.3) is 11.1 Å². The molecule has 0 bridgehead atoms. The Bertz CT molecular complexity index is 1470. The molecule has 0 unspecified atom stereocenters. The molecule has 0 saturated heterocycles. The van der Waals surface area contributed by atoms with Crippen molar-refractivity contribution in [3.05, 3.63) is 88.4 Å². The van der Waals surface area contributed by atoms with Crippen LogP contribution in [0.4, 0.5) is 11.4 Å². The first-order chi connectivity index (χ1) is 16.4. The van der Waals surface area contributed by atoms with Gasteiger partial charge in [-0.25, -0.2) is 17.5 Å². The highest BCUT2D eigenvalue weighted by atomic mass is 32.2. The van der Waals surface area contributed by atoms with Crippen molar-refractivity contribution in [2.45, 2.75) is 24.2 Å². The molecule has 0 radical (unpaired) electrons. The third kappa shape index (κ3) is 3.93. The topological polar surface area (TPSA) is 75.8 Å². The van der Waals surface area contributed by atoms with Gasteiger partial charge in [-0.15, -0.1) is 0 Å². The van der Waals surface area contributed by atoms with E-state index in [0.717, 1.165) is 12.8 Å². The zero-order valence-electron chi connectivity index (χ0n) is 19.3. The third-order valence-corrected chi connectivity index (χ3v) is 8.41. The zero-order chi connectivity index (χ0) is 23.9. The van der Waals surface area contributed by atoms with Gasteiger partial charge in [0.1, 0.15) is 0 Å². The van der Waals surface area contributed by atoms with Gasteiger partial charge < -0.3 is 9.32 Å². The molecule has 3 aromatic carbocycles. The zero-order valence-corrected chi connectivity index (χ0v) is 20.1. The molecular formula is C26H27N3O4S. The van der Waals surface area contributed by atoms with Gasteiger partial charge in [0.15, 0.2) is 5.58 Å². The van der Waals surface area contributed by atoms with E-state index in [-0.39, 0.29) is 4.90 Å². The van der Waals surface area contributed by atoms with E-state index in [0.29, 0.717) is 30.6 Å². The number of benzene rings is 3. The van der Waals surface area contributed by atoms with Gasteiger partial charge in [0.05, 0.1) is 10.4 Å². The minimum absolute atomic E-state index is 0.143. The molecule has 8 heteroatoms. The van der Waals surface area contributed by atoms with Crippen molar-refractivity contribution < 1.29 is 12.8 Å². The van der Waals surface area contributed by atoms with Crippen molar-refractivity contribution in [1.29, 1.82) is 0 Å². The first-order valence-corrected chi connectivity index (χ1v) is 12.8. The SMILES string of the molecule is CN(CCCN1c2ccccc2CCc2ccccc21)S(=O)(=O)c1ccc2oc(=O)n(C)c2c1. The number of fused-ring (bicyclic) bond motifs is 3. The Morgan fingerprint density at radius 2 is 1.56 bits per heavy atom. The number of anilines is 2. The Balaban J connectivity index is 1.36. The second kappa shape index (κ2) is 8.77. The lowest BCUT2D eigenvalue weighted by Gasteiger charge is -2.28. The molecule has 2 heterocycles. The Labute approximate surface area is 198 Å². The van der Waals surface area contributed by atoms with E-state index in [4.69, 9.17) is 4.42 Å². The normalized spacial score (nSPS) is 13.7. The number of para-hydroxylation sites is 2. The number of oxazole rings is 1. The molecule has 0 atom stereocenters. The molecule has 176 valence electrons. The standard InChI is InChI=1S/C26H27N3O4S/c1-27(34(31,32)21-14-15-25-24(18-21)28(2)26(30)33-25)16-7-17-29-22-10-5-3-8-19(22)12-13-20-9-4-6-11-23(20)29/h3-6,8-11,14-15,18H,7,12-13,16-17H2,1-2H3. The van der Waals surface area contributed by atoms with Crippen LogP contribution in [-0.4, -0.2) is 37.4 Å². The summed E-state index contributed by atoms with van der Waals surface area (Å²) in [6.07, 6.45) is 2.62. The Hall–Kier alpha value is -3.36. The molecule has 0 aliphatic carbocycles. The summed E-state index contributed by atoms with van der Waals surface area (Å²) in [5.74, 6) is -0.518. The van der Waals surface area contributed by atoms with E-state index in [1.54, 1.807) is 14.1 Å². The van der Waals surface area contributed by atoms with Crippen molar-refractivity contribution in [2.75, 3.05) is 25.0 Å². The lowest BCUT2D eigenvalue weighted by atomic mass is 10.0. The highest BCUT2D eigenvalue weighted by molar-refractivity contribution is 7.89. The van der Waals surface area contributed by atoms with Gasteiger partial charge in [-0.2, -0.15) is 0 Å². The van der Waals surface area contributed by atoms with Gasteiger partial charge in [-0.3, -0.25) is 4.57 Å². The average Bonchev–Trinajstić information content (AvgIpc) is 3.03. The molecule has 5 rings (SSSR count). The van der Waals surface area contributed by atoms with Crippen molar-refractivity contribution in [2.24, 2.45) is 7.05 Å². The van der Waals surface area contributed by atoms with E-state index in [2.05, 4.69) is 53.4 Å². The molecule has 0 N–H and O–H groups in total. The van der Waals surface area contributed by atoms with Gasteiger partial charge in [0.25, 0.3) is 0 Å². The van der Waals surface area contributed by atoms with Gasteiger partial charge in [0.2, 0.25) is 10.0 Å². The molecule has 1 aliphatic rings. The van der Waals surface area contributed by atoms with Crippen LogP contribution in [0.5, 0.6) is 0 Å². The van der Waals surface area contributed by atoms with E-state index < -0.39 is 15.8 Å². The summed E-state index contributed by atoms with van der Waals surface area (Å²) < 4.78 is 34.2. The molecule has 0 fully saturated rings. The van der Waals surface area contributed by atoms with Crippen LogP contribution in [0.1, 0.15) is 17.5 Å². The smallest absolute Gasteiger partial charge is 0.408 e. The predicted molar refractivity (Wildman–Crippen MR) is 133 cm³/mol. The number of hydrogen-bond acceptors (Lipinski definition) is 5. The number of sulfonamides is 1. The van der Waals surface area contributed by atoms with Crippen LogP contribution in [0.15, 0.2) is 80.8 Å². The summed E-state index contributed by atoms with van der Waals surface area (Å²) in [6, 6.07) is 21.4. The number of aromatic nitrogens is 1. The van der Waals surface area contributed by atoms with Crippen LogP contribution < -0.4 is 10.7 Å². The number of nitrogens with zero attached hydrogens (tertiary/aromatic N) is 3. The monoisotopic (exact) mass is 477 g/mol. The lowest BCUT2D eigenvalue weighted by molar-refractivity contribution is 0.463. The Kier molecular flexibility index (Phi) is 5.79. The second-order valence-corrected chi connectivity index (χ2v) is 10.7. The van der Waals surface area contributed by atoms with Crippen LogP contribution >= 0.6 is 0 Å². The van der Waals surface area contributed by atoms with Crippen LogP contribution in [-0.2, 0) is 29.9 Å². The van der Waals surface area contributed by atoms with Crippen molar-refractivity contribution in [3.63, 3.8) is 0 Å².